The molecule has 1 aromatic heterocycles. The van der Waals surface area contributed by atoms with Crippen LogP contribution in [0, 0.1) is 11.3 Å². The van der Waals surface area contributed by atoms with Gasteiger partial charge >= 0.3 is 0 Å². The number of rotatable bonds is 5. The number of anilines is 1. The van der Waals surface area contributed by atoms with E-state index in [-0.39, 0.29) is 6.10 Å². The number of nitrogens with zero attached hydrogens (tertiary/aromatic N) is 2. The molecule has 1 atom stereocenters. The second-order valence-corrected chi connectivity index (χ2v) is 5.23. The minimum absolute atomic E-state index is 0.270. The van der Waals surface area contributed by atoms with Crippen molar-refractivity contribution in [3.05, 3.63) is 22.9 Å². The van der Waals surface area contributed by atoms with Crippen LogP contribution in [0.4, 0.5) is 5.82 Å². The lowest BCUT2D eigenvalue weighted by molar-refractivity contribution is 0.183. The fraction of sp³-hybridized carbons (Fsp3) is 0.600. The molecular formula is C15H21N3O. The van der Waals surface area contributed by atoms with Gasteiger partial charge in [0.1, 0.15) is 11.9 Å². The predicted octanol–water partition coefficient (Wildman–Crippen LogP) is 2.40. The highest BCUT2D eigenvalue weighted by Crippen LogP contribution is 2.24. The average molecular weight is 259 g/mol. The van der Waals surface area contributed by atoms with Crippen molar-refractivity contribution in [1.29, 1.82) is 5.26 Å². The molecule has 4 nitrogen and oxygen atoms in total. The summed E-state index contributed by atoms with van der Waals surface area (Å²) in [6.45, 7) is 2.53. The lowest BCUT2D eigenvalue weighted by Gasteiger charge is -2.17. The summed E-state index contributed by atoms with van der Waals surface area (Å²) in [6, 6.07) is 4.21. The molecule has 1 heterocycles. The monoisotopic (exact) mass is 259 g/mol. The first-order chi connectivity index (χ1) is 9.20. The summed E-state index contributed by atoms with van der Waals surface area (Å²) in [6.07, 6.45) is 5.81. The van der Waals surface area contributed by atoms with Crippen LogP contribution in [-0.4, -0.2) is 22.7 Å². The Balaban J connectivity index is 2.04. The first-order valence-corrected chi connectivity index (χ1v) is 7.05. The zero-order valence-electron chi connectivity index (χ0n) is 11.4. The average Bonchev–Trinajstić information content (AvgIpc) is 2.42. The van der Waals surface area contributed by atoms with Gasteiger partial charge in [0, 0.05) is 12.2 Å². The number of hydrogen-bond donors (Lipinski definition) is 2. The van der Waals surface area contributed by atoms with Gasteiger partial charge in [0.05, 0.1) is 11.7 Å². The number of pyridine rings is 1. The second-order valence-electron chi connectivity index (χ2n) is 5.23. The molecule has 0 amide bonds. The molecule has 0 saturated carbocycles. The van der Waals surface area contributed by atoms with Crippen LogP contribution in [0.2, 0.25) is 0 Å². The van der Waals surface area contributed by atoms with Gasteiger partial charge in [0.15, 0.2) is 0 Å². The Bertz CT molecular complexity index is 477. The molecule has 1 aliphatic rings. The molecule has 0 radical (unpaired) electrons. The van der Waals surface area contributed by atoms with Crippen LogP contribution < -0.4 is 5.32 Å². The minimum Gasteiger partial charge on any atom is -0.393 e. The summed E-state index contributed by atoms with van der Waals surface area (Å²) in [5, 5.41) is 21.6. The number of aliphatic hydroxyl groups is 1. The molecule has 4 heteroatoms. The van der Waals surface area contributed by atoms with Gasteiger partial charge in [-0.3, -0.25) is 0 Å². The Morgan fingerprint density at radius 2 is 2.26 bits per heavy atom. The van der Waals surface area contributed by atoms with Crippen LogP contribution in [0.3, 0.4) is 0 Å². The number of aliphatic hydroxyl groups excluding tert-OH is 1. The summed E-state index contributed by atoms with van der Waals surface area (Å²) >= 11 is 0. The van der Waals surface area contributed by atoms with E-state index in [0.717, 1.165) is 37.9 Å². The molecule has 1 aromatic rings. The maximum atomic E-state index is 9.21. The largest absolute Gasteiger partial charge is 0.393 e. The number of aromatic nitrogens is 1. The normalized spacial score (nSPS) is 15.4. The van der Waals surface area contributed by atoms with Gasteiger partial charge < -0.3 is 10.4 Å². The molecule has 0 fully saturated rings. The van der Waals surface area contributed by atoms with Gasteiger partial charge in [0.25, 0.3) is 0 Å². The summed E-state index contributed by atoms with van der Waals surface area (Å²) < 4.78 is 0. The zero-order valence-corrected chi connectivity index (χ0v) is 11.4. The third-order valence-electron chi connectivity index (χ3n) is 3.51. The smallest absolute Gasteiger partial charge is 0.144 e. The minimum atomic E-state index is -0.270. The second kappa shape index (κ2) is 6.53. The van der Waals surface area contributed by atoms with Gasteiger partial charge in [-0.15, -0.1) is 0 Å². The Labute approximate surface area is 114 Å². The molecule has 0 aromatic carbocycles. The van der Waals surface area contributed by atoms with Crippen LogP contribution in [-0.2, 0) is 12.8 Å². The van der Waals surface area contributed by atoms with Crippen LogP contribution >= 0.6 is 0 Å². The van der Waals surface area contributed by atoms with E-state index in [9.17, 15) is 10.4 Å². The number of nitrogens with one attached hydrogen (secondary N) is 1. The molecule has 0 aliphatic heterocycles. The first kappa shape index (κ1) is 13.8. The van der Waals surface area contributed by atoms with Crippen LogP contribution in [0.1, 0.15) is 49.4 Å². The highest BCUT2D eigenvalue weighted by atomic mass is 16.3. The van der Waals surface area contributed by atoms with E-state index in [1.54, 1.807) is 6.92 Å². The SMILES string of the molecule is CC(O)CCCNc1nc2c(cc1C#N)CCCC2. The van der Waals surface area contributed by atoms with Crippen molar-refractivity contribution < 1.29 is 5.11 Å². The highest BCUT2D eigenvalue weighted by Gasteiger charge is 2.14. The topological polar surface area (TPSA) is 68.9 Å². The first-order valence-electron chi connectivity index (χ1n) is 7.05. The van der Waals surface area contributed by atoms with Crippen molar-refractivity contribution >= 4 is 5.82 Å². The number of nitriles is 1. The molecule has 2 rings (SSSR count). The summed E-state index contributed by atoms with van der Waals surface area (Å²) in [5.41, 5.74) is 3.01. The quantitative estimate of drug-likeness (QED) is 0.797. The Hall–Kier alpha value is -1.60. The van der Waals surface area contributed by atoms with E-state index in [4.69, 9.17) is 0 Å². The van der Waals surface area contributed by atoms with Gasteiger partial charge in [-0.05, 0) is 57.1 Å². The van der Waals surface area contributed by atoms with Crippen molar-refractivity contribution in [1.82, 2.24) is 4.98 Å². The number of hydrogen-bond acceptors (Lipinski definition) is 4. The molecule has 102 valence electrons. The van der Waals surface area contributed by atoms with Gasteiger partial charge in [-0.1, -0.05) is 0 Å². The van der Waals surface area contributed by atoms with E-state index in [1.807, 2.05) is 6.07 Å². The molecular weight excluding hydrogens is 238 g/mol. The lowest BCUT2D eigenvalue weighted by atomic mass is 9.95. The predicted molar refractivity (Wildman–Crippen MR) is 75.0 cm³/mol. The fourth-order valence-electron chi connectivity index (χ4n) is 2.46. The highest BCUT2D eigenvalue weighted by molar-refractivity contribution is 5.54. The van der Waals surface area contributed by atoms with Crippen molar-refractivity contribution in [3.63, 3.8) is 0 Å². The van der Waals surface area contributed by atoms with Crippen LogP contribution in [0.25, 0.3) is 0 Å². The summed E-state index contributed by atoms with van der Waals surface area (Å²) in [4.78, 5) is 4.60. The van der Waals surface area contributed by atoms with Crippen molar-refractivity contribution in [3.8, 4) is 6.07 Å². The third kappa shape index (κ3) is 3.68. The van der Waals surface area contributed by atoms with E-state index >= 15 is 0 Å². The molecule has 1 aliphatic carbocycles. The molecule has 1 unspecified atom stereocenters. The molecule has 2 N–H and O–H groups in total. The molecule has 19 heavy (non-hydrogen) atoms. The van der Waals surface area contributed by atoms with Crippen molar-refractivity contribution in [2.75, 3.05) is 11.9 Å². The van der Waals surface area contributed by atoms with Crippen LogP contribution in [0.5, 0.6) is 0 Å². The third-order valence-corrected chi connectivity index (χ3v) is 3.51. The molecule has 0 bridgehead atoms. The fourth-order valence-corrected chi connectivity index (χ4v) is 2.46. The molecule has 0 saturated heterocycles. The summed E-state index contributed by atoms with van der Waals surface area (Å²) in [7, 11) is 0. The Morgan fingerprint density at radius 3 is 3.00 bits per heavy atom. The van der Waals surface area contributed by atoms with Gasteiger partial charge in [-0.25, -0.2) is 4.98 Å². The number of fused-ring (bicyclic) bond motifs is 1. The lowest BCUT2D eigenvalue weighted by Crippen LogP contribution is -2.12. The van der Waals surface area contributed by atoms with Crippen molar-refractivity contribution in [2.45, 2.75) is 51.6 Å². The number of aryl methyl sites for hydroxylation is 2. The van der Waals surface area contributed by atoms with E-state index in [1.165, 1.54) is 18.4 Å². The van der Waals surface area contributed by atoms with Gasteiger partial charge in [-0.2, -0.15) is 5.26 Å². The van der Waals surface area contributed by atoms with Crippen molar-refractivity contribution in [2.24, 2.45) is 0 Å². The van der Waals surface area contributed by atoms with Crippen LogP contribution in [0.15, 0.2) is 6.07 Å². The van der Waals surface area contributed by atoms with Gasteiger partial charge in [0.2, 0.25) is 0 Å². The maximum absolute atomic E-state index is 9.21. The Morgan fingerprint density at radius 1 is 1.47 bits per heavy atom. The summed E-state index contributed by atoms with van der Waals surface area (Å²) in [5.74, 6) is 0.703. The molecule has 0 spiro atoms. The zero-order chi connectivity index (χ0) is 13.7. The standard InChI is InChI=1S/C15H21N3O/c1-11(19)5-4-8-17-15-13(10-16)9-12-6-2-3-7-14(12)18-15/h9,11,19H,2-8H2,1H3,(H,17,18). The van der Waals surface area contributed by atoms with E-state index in [2.05, 4.69) is 16.4 Å². The van der Waals surface area contributed by atoms with E-state index < -0.39 is 0 Å². The van der Waals surface area contributed by atoms with E-state index in [0.29, 0.717) is 11.4 Å². The maximum Gasteiger partial charge on any atom is 0.144 e. The Kier molecular flexibility index (Phi) is 4.75.